The van der Waals surface area contributed by atoms with Gasteiger partial charge in [0.25, 0.3) is 0 Å². The first-order chi connectivity index (χ1) is 10.2. The Balaban J connectivity index is 1.99. The molecule has 0 bridgehead atoms. The van der Waals surface area contributed by atoms with Gasteiger partial charge in [0.2, 0.25) is 0 Å². The number of hydrogen-bond acceptors (Lipinski definition) is 2. The molecule has 0 radical (unpaired) electrons. The molecule has 2 nitrogen and oxygen atoms in total. The van der Waals surface area contributed by atoms with Crippen LogP contribution in [0.2, 0.25) is 0 Å². The molecule has 0 heterocycles. The van der Waals surface area contributed by atoms with Crippen LogP contribution in [-0.2, 0) is 4.74 Å². The summed E-state index contributed by atoms with van der Waals surface area (Å²) in [5.74, 6) is 0. The normalized spacial score (nSPS) is 18.4. The molecule has 0 spiro atoms. The largest absolute Gasteiger partial charge is 0.376 e. The summed E-state index contributed by atoms with van der Waals surface area (Å²) in [5.41, 5.74) is 4.08. The second-order valence-corrected chi connectivity index (χ2v) is 6.42. The van der Waals surface area contributed by atoms with Crippen molar-refractivity contribution in [3.05, 3.63) is 34.9 Å². The number of likely N-dealkylation sites (N-methyl/N-ethyl adjacent to an activating group) is 1. The van der Waals surface area contributed by atoms with Crippen molar-refractivity contribution in [3.8, 4) is 0 Å². The molecule has 2 rings (SSSR count). The van der Waals surface area contributed by atoms with Crippen molar-refractivity contribution in [2.75, 3.05) is 13.2 Å². The predicted molar refractivity (Wildman–Crippen MR) is 89.8 cm³/mol. The van der Waals surface area contributed by atoms with Crippen LogP contribution in [0.4, 0.5) is 0 Å². The van der Waals surface area contributed by atoms with Crippen molar-refractivity contribution in [1.29, 1.82) is 0 Å². The number of aryl methyl sites for hydroxylation is 2. The van der Waals surface area contributed by atoms with Crippen LogP contribution in [0.3, 0.4) is 0 Å². The molecule has 1 aromatic rings. The molecule has 0 aromatic heterocycles. The van der Waals surface area contributed by atoms with Crippen LogP contribution in [0.25, 0.3) is 0 Å². The summed E-state index contributed by atoms with van der Waals surface area (Å²) in [7, 11) is 0. The summed E-state index contributed by atoms with van der Waals surface area (Å²) in [4.78, 5) is 0. The predicted octanol–water partition coefficient (Wildman–Crippen LogP) is 4.69. The van der Waals surface area contributed by atoms with E-state index >= 15 is 0 Å². The van der Waals surface area contributed by atoms with Crippen LogP contribution < -0.4 is 5.32 Å². The van der Waals surface area contributed by atoms with E-state index in [1.54, 1.807) is 0 Å². The SMILES string of the molecule is CCNC(COC1CCCCCC1)c1cc(C)ccc1C. The highest BCUT2D eigenvalue weighted by atomic mass is 16.5. The van der Waals surface area contributed by atoms with Gasteiger partial charge in [0.05, 0.1) is 18.8 Å². The first kappa shape index (κ1) is 16.5. The van der Waals surface area contributed by atoms with E-state index < -0.39 is 0 Å². The van der Waals surface area contributed by atoms with Crippen LogP contribution in [0.5, 0.6) is 0 Å². The second-order valence-electron chi connectivity index (χ2n) is 6.42. The average Bonchev–Trinajstić information content (AvgIpc) is 2.75. The van der Waals surface area contributed by atoms with Gasteiger partial charge in [-0.15, -0.1) is 0 Å². The van der Waals surface area contributed by atoms with Gasteiger partial charge < -0.3 is 10.1 Å². The van der Waals surface area contributed by atoms with E-state index in [4.69, 9.17) is 4.74 Å². The van der Waals surface area contributed by atoms with Crippen molar-refractivity contribution in [3.63, 3.8) is 0 Å². The van der Waals surface area contributed by atoms with E-state index in [0.29, 0.717) is 12.1 Å². The molecular formula is C19H31NO. The van der Waals surface area contributed by atoms with Crippen molar-refractivity contribution in [2.45, 2.75) is 71.4 Å². The van der Waals surface area contributed by atoms with Gasteiger partial charge in [0, 0.05) is 0 Å². The second kappa shape index (κ2) is 8.55. The minimum atomic E-state index is 0.318. The quantitative estimate of drug-likeness (QED) is 0.767. The average molecular weight is 289 g/mol. The Bertz CT molecular complexity index is 422. The molecule has 1 fully saturated rings. The van der Waals surface area contributed by atoms with Crippen molar-refractivity contribution < 1.29 is 4.74 Å². The third kappa shape index (κ3) is 5.12. The summed E-state index contributed by atoms with van der Waals surface area (Å²) < 4.78 is 6.26. The fourth-order valence-electron chi connectivity index (χ4n) is 3.28. The zero-order valence-corrected chi connectivity index (χ0v) is 14.0. The fourth-order valence-corrected chi connectivity index (χ4v) is 3.28. The molecule has 1 saturated carbocycles. The van der Waals surface area contributed by atoms with E-state index in [-0.39, 0.29) is 0 Å². The van der Waals surface area contributed by atoms with Crippen LogP contribution >= 0.6 is 0 Å². The number of benzene rings is 1. The molecule has 2 heteroatoms. The molecular weight excluding hydrogens is 258 g/mol. The van der Waals surface area contributed by atoms with Gasteiger partial charge >= 0.3 is 0 Å². The van der Waals surface area contributed by atoms with Gasteiger partial charge in [-0.25, -0.2) is 0 Å². The number of rotatable bonds is 6. The molecule has 118 valence electrons. The molecule has 1 aliphatic rings. The summed E-state index contributed by atoms with van der Waals surface area (Å²) in [6.45, 7) is 8.31. The standard InChI is InChI=1S/C19H31NO/c1-4-20-19(18-13-15(2)11-12-16(18)3)14-21-17-9-7-5-6-8-10-17/h11-13,17,19-20H,4-10,14H2,1-3H3. The number of ether oxygens (including phenoxy) is 1. The third-order valence-electron chi connectivity index (χ3n) is 4.56. The lowest BCUT2D eigenvalue weighted by atomic mass is 9.99. The monoisotopic (exact) mass is 289 g/mol. The highest BCUT2D eigenvalue weighted by Crippen LogP contribution is 2.24. The number of hydrogen-bond donors (Lipinski definition) is 1. The lowest BCUT2D eigenvalue weighted by Gasteiger charge is -2.24. The van der Waals surface area contributed by atoms with Gasteiger partial charge in [-0.05, 0) is 44.4 Å². The highest BCUT2D eigenvalue weighted by molar-refractivity contribution is 5.33. The minimum Gasteiger partial charge on any atom is -0.376 e. The van der Waals surface area contributed by atoms with Gasteiger partial charge in [0.1, 0.15) is 0 Å². The molecule has 1 atom stereocenters. The van der Waals surface area contributed by atoms with E-state index in [1.807, 2.05) is 0 Å². The molecule has 0 saturated heterocycles. The zero-order valence-electron chi connectivity index (χ0n) is 14.0. The molecule has 0 amide bonds. The van der Waals surface area contributed by atoms with Crippen LogP contribution in [0, 0.1) is 13.8 Å². The van der Waals surface area contributed by atoms with E-state index in [2.05, 4.69) is 44.3 Å². The minimum absolute atomic E-state index is 0.318. The van der Waals surface area contributed by atoms with E-state index in [9.17, 15) is 0 Å². The first-order valence-electron chi connectivity index (χ1n) is 8.63. The number of nitrogens with one attached hydrogen (secondary N) is 1. The van der Waals surface area contributed by atoms with Gasteiger partial charge in [0.15, 0.2) is 0 Å². The molecule has 1 aliphatic carbocycles. The zero-order chi connectivity index (χ0) is 15.1. The molecule has 21 heavy (non-hydrogen) atoms. The lowest BCUT2D eigenvalue weighted by Crippen LogP contribution is -2.28. The Kier molecular flexibility index (Phi) is 6.72. The highest BCUT2D eigenvalue weighted by Gasteiger charge is 2.17. The lowest BCUT2D eigenvalue weighted by molar-refractivity contribution is 0.0290. The summed E-state index contributed by atoms with van der Waals surface area (Å²) in [6, 6.07) is 7.03. The van der Waals surface area contributed by atoms with Gasteiger partial charge in [-0.1, -0.05) is 56.4 Å². The smallest absolute Gasteiger partial charge is 0.0665 e. The Morgan fingerprint density at radius 3 is 2.52 bits per heavy atom. The summed E-state index contributed by atoms with van der Waals surface area (Å²) >= 11 is 0. The van der Waals surface area contributed by atoms with Gasteiger partial charge in [-0.2, -0.15) is 0 Å². The Hall–Kier alpha value is -0.860. The van der Waals surface area contributed by atoms with Crippen molar-refractivity contribution in [2.24, 2.45) is 0 Å². The Morgan fingerprint density at radius 2 is 1.86 bits per heavy atom. The van der Waals surface area contributed by atoms with Crippen LogP contribution in [0.15, 0.2) is 18.2 Å². The maximum atomic E-state index is 6.26. The summed E-state index contributed by atoms with van der Waals surface area (Å²) in [5, 5.41) is 3.60. The Morgan fingerprint density at radius 1 is 1.14 bits per heavy atom. The van der Waals surface area contributed by atoms with E-state index in [0.717, 1.165) is 13.2 Å². The third-order valence-corrected chi connectivity index (χ3v) is 4.56. The van der Waals surface area contributed by atoms with Crippen LogP contribution in [-0.4, -0.2) is 19.3 Å². The fraction of sp³-hybridized carbons (Fsp3) is 0.684. The molecule has 1 unspecified atom stereocenters. The molecule has 0 aliphatic heterocycles. The van der Waals surface area contributed by atoms with Crippen molar-refractivity contribution in [1.82, 2.24) is 5.32 Å². The van der Waals surface area contributed by atoms with E-state index in [1.165, 1.54) is 55.2 Å². The molecule has 1 N–H and O–H groups in total. The first-order valence-corrected chi connectivity index (χ1v) is 8.63. The van der Waals surface area contributed by atoms with Gasteiger partial charge in [-0.3, -0.25) is 0 Å². The molecule has 1 aromatic carbocycles. The Labute approximate surface area is 130 Å². The maximum Gasteiger partial charge on any atom is 0.0665 e. The topological polar surface area (TPSA) is 21.3 Å². The summed E-state index contributed by atoms with van der Waals surface area (Å²) in [6.07, 6.45) is 8.39. The maximum absolute atomic E-state index is 6.26. The van der Waals surface area contributed by atoms with Crippen molar-refractivity contribution >= 4 is 0 Å². The van der Waals surface area contributed by atoms with Crippen LogP contribution in [0.1, 0.15) is 68.2 Å².